The van der Waals surface area contributed by atoms with Crippen molar-refractivity contribution in [2.24, 2.45) is 0 Å². The number of piperidine rings is 1. The van der Waals surface area contributed by atoms with Gasteiger partial charge in [-0.15, -0.1) is 0 Å². The van der Waals surface area contributed by atoms with Crippen molar-refractivity contribution >= 4 is 33.0 Å². The Morgan fingerprint density at radius 1 is 1.10 bits per heavy atom. The molecule has 0 saturated carbocycles. The van der Waals surface area contributed by atoms with Gasteiger partial charge in [-0.3, -0.25) is 0 Å². The molecule has 49 heavy (non-hydrogen) atoms. The fraction of sp³-hybridized carbons (Fsp3) is 0.294. The van der Waals surface area contributed by atoms with Gasteiger partial charge < -0.3 is 19.9 Å². The van der Waals surface area contributed by atoms with E-state index in [1.54, 1.807) is 63.4 Å². The maximum atomic E-state index is 14.5. The van der Waals surface area contributed by atoms with Gasteiger partial charge in [-0.05, 0) is 63.4 Å². The Bertz CT molecular complexity index is 2180. The summed E-state index contributed by atoms with van der Waals surface area (Å²) in [6, 6.07) is 15.5. The third-order valence-corrected chi connectivity index (χ3v) is 9.65. The second kappa shape index (κ2) is 12.6. The van der Waals surface area contributed by atoms with Crippen LogP contribution in [0.3, 0.4) is 0 Å². The van der Waals surface area contributed by atoms with Crippen LogP contribution in [0.25, 0.3) is 33.3 Å². The van der Waals surface area contributed by atoms with E-state index in [1.807, 2.05) is 6.07 Å². The Labute approximate surface area is 280 Å². The number of nitrogens with one attached hydrogen (secondary N) is 2. The molecule has 0 radical (unpaired) electrons. The molecule has 1 amide bonds. The predicted molar refractivity (Wildman–Crippen MR) is 176 cm³/mol. The maximum absolute atomic E-state index is 14.5. The van der Waals surface area contributed by atoms with Crippen LogP contribution < -0.4 is 5.32 Å². The quantitative estimate of drug-likeness (QED) is 0.193. The molecular formula is C34H32F3N7O4S. The number of hydrogen-bond acceptors (Lipinski definition) is 8. The number of ether oxygens (including phenoxy) is 1. The zero-order chi connectivity index (χ0) is 35.1. The SMILES string of the molecule is CC(C)(C)OC(=O)N1CCCC(Nc2ncc(C(F)(F)F)c(-c3cn(S(=O)(=O)c4ccccc4)c4cc(-c5c[nH]c(C#N)c5)ccc34)n2)C1. The standard InChI is InChI=1S/C34H32F3N7O4S/c1-33(2,3)48-32(45)43-13-7-8-23(19-43)41-31-40-18-28(34(35,36)37)30(42-31)27-20-44(49(46,47)25-9-5-4-6-10-25)29-15-21(11-12-26(27)29)22-14-24(16-38)39-17-22/h4-6,9-12,14-15,17-18,20,23,39H,7-8,13,19H2,1-3H3,(H,40,41,42). The molecule has 2 aromatic carbocycles. The number of fused-ring (bicyclic) bond motifs is 1. The number of alkyl halides is 3. The molecule has 0 spiro atoms. The smallest absolute Gasteiger partial charge is 0.419 e. The summed E-state index contributed by atoms with van der Waals surface area (Å²) in [7, 11) is -4.29. The highest BCUT2D eigenvalue weighted by atomic mass is 32.2. The number of benzene rings is 2. The van der Waals surface area contributed by atoms with Crippen LogP contribution in [0, 0.1) is 11.3 Å². The van der Waals surface area contributed by atoms with Crippen molar-refractivity contribution in [3.63, 3.8) is 0 Å². The van der Waals surface area contributed by atoms with Crippen LogP contribution >= 0.6 is 0 Å². The predicted octanol–water partition coefficient (Wildman–Crippen LogP) is 7.03. The number of carbonyl (C=O) groups excluding carboxylic acids is 1. The Kier molecular flexibility index (Phi) is 8.62. The molecule has 5 aromatic rings. The van der Waals surface area contributed by atoms with E-state index in [0.29, 0.717) is 36.7 Å². The van der Waals surface area contributed by atoms with E-state index in [2.05, 4.69) is 20.3 Å². The number of H-pyrrole nitrogens is 1. The van der Waals surface area contributed by atoms with Crippen LogP contribution in [-0.4, -0.2) is 63.1 Å². The lowest BCUT2D eigenvalue weighted by atomic mass is 10.0. The van der Waals surface area contributed by atoms with E-state index in [-0.39, 0.29) is 45.6 Å². The van der Waals surface area contributed by atoms with E-state index >= 15 is 0 Å². The number of anilines is 1. The molecule has 11 nitrogen and oxygen atoms in total. The Morgan fingerprint density at radius 3 is 2.53 bits per heavy atom. The minimum atomic E-state index is -4.88. The van der Waals surface area contributed by atoms with E-state index in [4.69, 9.17) is 4.74 Å². The van der Waals surface area contributed by atoms with Gasteiger partial charge >= 0.3 is 12.3 Å². The first kappa shape index (κ1) is 33.5. The number of carbonyl (C=O) groups is 1. The summed E-state index contributed by atoms with van der Waals surface area (Å²) >= 11 is 0. The van der Waals surface area contributed by atoms with Crippen LogP contribution in [0.5, 0.6) is 0 Å². The van der Waals surface area contributed by atoms with Gasteiger partial charge in [0.1, 0.15) is 22.9 Å². The van der Waals surface area contributed by atoms with Crippen LogP contribution in [0.1, 0.15) is 44.9 Å². The highest BCUT2D eigenvalue weighted by molar-refractivity contribution is 7.90. The molecule has 15 heteroatoms. The minimum Gasteiger partial charge on any atom is -0.444 e. The van der Waals surface area contributed by atoms with Gasteiger partial charge in [-0.25, -0.2) is 27.2 Å². The first-order valence-electron chi connectivity index (χ1n) is 15.4. The van der Waals surface area contributed by atoms with E-state index in [0.717, 1.165) is 10.2 Å². The number of aromatic nitrogens is 4. The lowest BCUT2D eigenvalue weighted by Gasteiger charge is -2.34. The minimum absolute atomic E-state index is 0.0646. The number of nitriles is 1. The van der Waals surface area contributed by atoms with E-state index in [1.165, 1.54) is 23.1 Å². The summed E-state index contributed by atoms with van der Waals surface area (Å²) in [4.78, 5) is 25.3. The normalized spacial score (nSPS) is 15.6. The number of halogens is 3. The molecule has 254 valence electrons. The molecule has 0 aliphatic carbocycles. The zero-order valence-corrected chi connectivity index (χ0v) is 27.6. The molecule has 3 aromatic heterocycles. The highest BCUT2D eigenvalue weighted by Gasteiger charge is 2.37. The van der Waals surface area contributed by atoms with Gasteiger partial charge in [0, 0.05) is 54.2 Å². The molecule has 1 fully saturated rings. The third-order valence-electron chi connectivity index (χ3n) is 7.96. The number of nitrogens with zero attached hydrogens (tertiary/aromatic N) is 5. The summed E-state index contributed by atoms with van der Waals surface area (Å²) < 4.78 is 77.9. The van der Waals surface area contributed by atoms with E-state index in [9.17, 15) is 31.6 Å². The second-order valence-electron chi connectivity index (χ2n) is 12.7. The third kappa shape index (κ3) is 6.95. The number of hydrogen-bond donors (Lipinski definition) is 2. The largest absolute Gasteiger partial charge is 0.444 e. The summed E-state index contributed by atoms with van der Waals surface area (Å²) in [6.07, 6.45) is -0.760. The Morgan fingerprint density at radius 2 is 1.86 bits per heavy atom. The summed E-state index contributed by atoms with van der Waals surface area (Å²) in [5.74, 6) is -0.112. The highest BCUT2D eigenvalue weighted by Crippen LogP contribution is 2.41. The van der Waals surface area contributed by atoms with Gasteiger partial charge in [-0.2, -0.15) is 18.4 Å². The van der Waals surface area contributed by atoms with Gasteiger partial charge in [0.15, 0.2) is 0 Å². The van der Waals surface area contributed by atoms with Crippen molar-refractivity contribution in [3.8, 4) is 28.5 Å². The summed E-state index contributed by atoms with van der Waals surface area (Å²) in [5, 5.41) is 12.5. The maximum Gasteiger partial charge on any atom is 0.419 e. The molecule has 1 saturated heterocycles. The molecule has 1 unspecified atom stereocenters. The van der Waals surface area contributed by atoms with Crippen molar-refractivity contribution in [2.45, 2.75) is 56.3 Å². The van der Waals surface area contributed by atoms with Gasteiger partial charge in [-0.1, -0.05) is 30.3 Å². The molecule has 1 aliphatic rings. The molecule has 0 bridgehead atoms. The van der Waals surface area contributed by atoms with Gasteiger partial charge in [0.2, 0.25) is 5.95 Å². The van der Waals surface area contributed by atoms with Crippen LogP contribution in [0.15, 0.2) is 78.1 Å². The van der Waals surface area contributed by atoms with Crippen molar-refractivity contribution in [3.05, 3.63) is 84.4 Å². The van der Waals surface area contributed by atoms with Crippen LogP contribution in [-0.2, 0) is 20.9 Å². The monoisotopic (exact) mass is 691 g/mol. The molecule has 4 heterocycles. The fourth-order valence-electron chi connectivity index (χ4n) is 5.73. The topological polar surface area (TPSA) is 146 Å². The average Bonchev–Trinajstić information content (AvgIpc) is 3.69. The molecular weight excluding hydrogens is 659 g/mol. The van der Waals surface area contributed by atoms with Gasteiger partial charge in [0.05, 0.1) is 16.1 Å². The van der Waals surface area contributed by atoms with Crippen LogP contribution in [0.2, 0.25) is 0 Å². The van der Waals surface area contributed by atoms with E-state index < -0.39 is 39.2 Å². The fourth-order valence-corrected chi connectivity index (χ4v) is 7.11. The Hall–Kier alpha value is -5.36. The second-order valence-corrected chi connectivity index (χ2v) is 14.5. The summed E-state index contributed by atoms with van der Waals surface area (Å²) in [6.45, 7) is 5.96. The number of amides is 1. The van der Waals surface area contributed by atoms with Crippen molar-refractivity contribution < 1.29 is 31.1 Å². The van der Waals surface area contributed by atoms with Crippen molar-refractivity contribution in [1.29, 1.82) is 5.26 Å². The lowest BCUT2D eigenvalue weighted by Crippen LogP contribution is -2.47. The first-order valence-corrected chi connectivity index (χ1v) is 16.8. The number of rotatable bonds is 6. The van der Waals surface area contributed by atoms with Gasteiger partial charge in [0.25, 0.3) is 10.0 Å². The molecule has 1 atom stereocenters. The molecule has 1 aliphatic heterocycles. The van der Waals surface area contributed by atoms with Crippen molar-refractivity contribution in [2.75, 3.05) is 18.4 Å². The summed E-state index contributed by atoms with van der Waals surface area (Å²) in [5.41, 5.74) is -0.930. The Balaban J connectivity index is 1.46. The number of likely N-dealkylation sites (tertiary alicyclic amines) is 1. The van der Waals surface area contributed by atoms with Crippen molar-refractivity contribution in [1.82, 2.24) is 23.8 Å². The average molecular weight is 692 g/mol. The molecule has 6 rings (SSSR count). The van der Waals surface area contributed by atoms with Crippen LogP contribution in [0.4, 0.5) is 23.9 Å². The first-order chi connectivity index (χ1) is 23.1. The lowest BCUT2D eigenvalue weighted by molar-refractivity contribution is -0.137. The molecule has 2 N–H and O–H groups in total. The number of aromatic amines is 1. The zero-order valence-electron chi connectivity index (χ0n) is 26.7.